The highest BCUT2D eigenvalue weighted by atomic mass is 32.2. The maximum Gasteiger partial charge on any atom is 0.303 e. The number of benzene rings is 1. The fourth-order valence-corrected chi connectivity index (χ4v) is 6.31. The molecule has 3 heterocycles. The summed E-state index contributed by atoms with van der Waals surface area (Å²) in [6.45, 7) is 2.96. The van der Waals surface area contributed by atoms with E-state index in [1.54, 1.807) is 13.3 Å². The van der Waals surface area contributed by atoms with Gasteiger partial charge in [-0.3, -0.25) is 9.78 Å². The molecule has 0 radical (unpaired) electrons. The number of hydrogen-bond acceptors (Lipinski definition) is 6. The summed E-state index contributed by atoms with van der Waals surface area (Å²) in [5.41, 5.74) is 1.71. The molecular weight excluding hydrogens is 474 g/mol. The molecule has 1 aromatic carbocycles. The minimum absolute atomic E-state index is 0.200. The number of aliphatic hydroxyl groups excluding tert-OH is 1. The fraction of sp³-hybridized carbons (Fsp3) is 0.500. The summed E-state index contributed by atoms with van der Waals surface area (Å²) in [5.74, 6) is 1.79. The molecule has 0 saturated carbocycles. The highest BCUT2D eigenvalue weighted by molar-refractivity contribution is 7.99. The number of aliphatic carboxylic acids is 1. The number of hydrogen-bond donors (Lipinski definition) is 2. The zero-order valence-electron chi connectivity index (χ0n) is 21.2. The molecule has 3 aromatic rings. The number of aryl methyl sites for hydroxylation is 1. The van der Waals surface area contributed by atoms with Gasteiger partial charge in [-0.05, 0) is 80.0 Å². The molecule has 194 valence electrons. The summed E-state index contributed by atoms with van der Waals surface area (Å²) >= 11 is 1.87. The number of likely N-dealkylation sites (tertiary alicyclic amines) is 1. The first-order valence-electron chi connectivity index (χ1n) is 12.7. The number of carboxylic acids is 1. The van der Waals surface area contributed by atoms with Crippen molar-refractivity contribution in [1.82, 2.24) is 14.5 Å². The molecule has 4 rings (SSSR count). The van der Waals surface area contributed by atoms with E-state index in [1.807, 2.05) is 43.1 Å². The summed E-state index contributed by atoms with van der Waals surface area (Å²) < 4.78 is 7.44. The zero-order valence-corrected chi connectivity index (χ0v) is 22.0. The van der Waals surface area contributed by atoms with Gasteiger partial charge in [0.2, 0.25) is 0 Å². The van der Waals surface area contributed by atoms with E-state index in [0.717, 1.165) is 60.4 Å². The van der Waals surface area contributed by atoms with E-state index < -0.39 is 12.1 Å². The number of rotatable bonds is 12. The van der Waals surface area contributed by atoms with Gasteiger partial charge in [0.05, 0.1) is 18.7 Å². The number of nitrogens with zero attached hydrogens (tertiary/aromatic N) is 3. The molecule has 2 N–H and O–H groups in total. The van der Waals surface area contributed by atoms with Crippen molar-refractivity contribution >= 4 is 28.6 Å². The Hall–Kier alpha value is -2.55. The first kappa shape index (κ1) is 26.5. The van der Waals surface area contributed by atoms with E-state index in [4.69, 9.17) is 4.74 Å². The SMILES string of the molecule is COc1ccc2nccc(C(O)CC[C@@H]3CCN(CCSc4ccn(C)c4)C[C@@H]3CCC(=O)O)c2c1. The molecule has 1 aliphatic heterocycles. The molecule has 0 spiro atoms. The van der Waals surface area contributed by atoms with E-state index in [1.165, 1.54) is 4.90 Å². The van der Waals surface area contributed by atoms with Crippen LogP contribution in [0.5, 0.6) is 5.75 Å². The second-order valence-corrected chi connectivity index (χ2v) is 10.9. The topological polar surface area (TPSA) is 87.8 Å². The molecule has 1 saturated heterocycles. The molecule has 2 aromatic heterocycles. The summed E-state index contributed by atoms with van der Waals surface area (Å²) in [7, 11) is 3.67. The third-order valence-corrected chi connectivity index (χ3v) is 8.30. The second-order valence-electron chi connectivity index (χ2n) is 9.78. The van der Waals surface area contributed by atoms with Crippen LogP contribution in [-0.2, 0) is 11.8 Å². The van der Waals surface area contributed by atoms with Crippen molar-refractivity contribution in [3.05, 3.63) is 54.5 Å². The molecule has 0 bridgehead atoms. The average Bonchev–Trinajstić information content (AvgIpc) is 3.30. The second kappa shape index (κ2) is 12.6. The van der Waals surface area contributed by atoms with Crippen molar-refractivity contribution in [2.24, 2.45) is 18.9 Å². The van der Waals surface area contributed by atoms with Crippen molar-refractivity contribution < 1.29 is 19.7 Å². The Morgan fingerprint density at radius 2 is 2.11 bits per heavy atom. The van der Waals surface area contributed by atoms with Crippen LogP contribution in [-0.4, -0.2) is 63.1 Å². The van der Waals surface area contributed by atoms with Crippen LogP contribution in [0, 0.1) is 11.8 Å². The van der Waals surface area contributed by atoms with Gasteiger partial charge in [-0.2, -0.15) is 0 Å². The largest absolute Gasteiger partial charge is 0.497 e. The van der Waals surface area contributed by atoms with Crippen molar-refractivity contribution in [2.45, 2.75) is 43.1 Å². The lowest BCUT2D eigenvalue weighted by molar-refractivity contribution is -0.137. The first-order chi connectivity index (χ1) is 17.4. The molecule has 1 unspecified atom stereocenters. The molecule has 0 amide bonds. The van der Waals surface area contributed by atoms with Crippen LogP contribution in [0.4, 0.5) is 0 Å². The predicted molar refractivity (Wildman–Crippen MR) is 144 cm³/mol. The van der Waals surface area contributed by atoms with E-state index >= 15 is 0 Å². The Labute approximate surface area is 217 Å². The number of thioether (sulfide) groups is 1. The summed E-state index contributed by atoms with van der Waals surface area (Å²) in [6.07, 6.45) is 8.81. The lowest BCUT2D eigenvalue weighted by atomic mass is 9.79. The highest BCUT2D eigenvalue weighted by Gasteiger charge is 2.30. The number of piperidine rings is 1. The van der Waals surface area contributed by atoms with E-state index in [0.29, 0.717) is 24.7 Å². The van der Waals surface area contributed by atoms with Gasteiger partial charge in [0, 0.05) is 61.2 Å². The molecule has 7 nitrogen and oxygen atoms in total. The summed E-state index contributed by atoms with van der Waals surface area (Å²) in [6, 6.07) is 9.76. The molecule has 36 heavy (non-hydrogen) atoms. The quantitative estimate of drug-likeness (QED) is 0.331. The lowest BCUT2D eigenvalue weighted by Gasteiger charge is -2.39. The van der Waals surface area contributed by atoms with Crippen LogP contribution in [0.3, 0.4) is 0 Å². The van der Waals surface area contributed by atoms with E-state index in [9.17, 15) is 15.0 Å². The highest BCUT2D eigenvalue weighted by Crippen LogP contribution is 2.35. The summed E-state index contributed by atoms with van der Waals surface area (Å²) in [4.78, 5) is 19.5. The van der Waals surface area contributed by atoms with Gasteiger partial charge in [0.15, 0.2) is 0 Å². The van der Waals surface area contributed by atoms with Crippen LogP contribution < -0.4 is 4.74 Å². The first-order valence-corrected chi connectivity index (χ1v) is 13.7. The number of fused-ring (bicyclic) bond motifs is 1. The summed E-state index contributed by atoms with van der Waals surface area (Å²) in [5, 5.41) is 21.3. The zero-order chi connectivity index (χ0) is 25.5. The Bertz CT molecular complexity index is 1150. The van der Waals surface area contributed by atoms with Crippen LogP contribution in [0.25, 0.3) is 10.9 Å². The molecule has 0 aliphatic carbocycles. The normalized spacial score (nSPS) is 19.4. The third kappa shape index (κ3) is 7.02. The number of carboxylic acid groups (broad SMARTS) is 1. The maximum atomic E-state index is 11.3. The number of aliphatic hydroxyl groups is 1. The minimum Gasteiger partial charge on any atom is -0.497 e. The predicted octanol–water partition coefficient (Wildman–Crippen LogP) is 4.99. The van der Waals surface area contributed by atoms with Gasteiger partial charge < -0.3 is 24.4 Å². The van der Waals surface area contributed by atoms with Gasteiger partial charge in [0.1, 0.15) is 5.75 Å². The Balaban J connectivity index is 1.35. The van der Waals surface area contributed by atoms with Crippen molar-refractivity contribution in [3.63, 3.8) is 0 Å². The van der Waals surface area contributed by atoms with Crippen LogP contribution in [0.15, 0.2) is 53.8 Å². The van der Waals surface area contributed by atoms with Crippen LogP contribution in [0.2, 0.25) is 0 Å². The smallest absolute Gasteiger partial charge is 0.303 e. The number of carbonyl (C=O) groups is 1. The molecule has 1 aliphatic rings. The molecule has 3 atom stereocenters. The fourth-order valence-electron chi connectivity index (χ4n) is 5.32. The van der Waals surface area contributed by atoms with Crippen molar-refractivity contribution in [3.8, 4) is 5.75 Å². The molecule has 1 fully saturated rings. The maximum absolute atomic E-state index is 11.3. The molecular formula is C28H37N3O4S. The van der Waals surface area contributed by atoms with E-state index in [-0.39, 0.29) is 6.42 Å². The monoisotopic (exact) mass is 511 g/mol. The van der Waals surface area contributed by atoms with Gasteiger partial charge in [-0.1, -0.05) is 0 Å². The average molecular weight is 512 g/mol. The minimum atomic E-state index is -0.734. The Morgan fingerprint density at radius 3 is 2.86 bits per heavy atom. The van der Waals surface area contributed by atoms with Gasteiger partial charge in [-0.25, -0.2) is 0 Å². The lowest BCUT2D eigenvalue weighted by Crippen LogP contribution is -2.41. The van der Waals surface area contributed by atoms with Gasteiger partial charge in [0.25, 0.3) is 0 Å². The van der Waals surface area contributed by atoms with Crippen molar-refractivity contribution in [1.29, 1.82) is 0 Å². The molecule has 8 heteroatoms. The number of aromatic nitrogens is 2. The van der Waals surface area contributed by atoms with Crippen molar-refractivity contribution in [2.75, 3.05) is 32.5 Å². The van der Waals surface area contributed by atoms with Crippen LogP contribution in [0.1, 0.15) is 43.8 Å². The standard InChI is InChI=1S/C28H37N3O4S/c1-30-13-11-23(19-30)36-16-15-31-14-10-20(21(18-31)4-8-28(33)34)3-7-27(32)24-9-12-29-26-6-5-22(35-2)17-25(24)26/h5-6,9,11-13,17,19-21,27,32H,3-4,7-8,10,14-16,18H2,1-2H3,(H,33,34)/t20-,21+,27?/m1/s1. The van der Waals surface area contributed by atoms with E-state index in [2.05, 4.69) is 32.9 Å². The number of ether oxygens (including phenoxy) is 1. The van der Waals surface area contributed by atoms with Crippen LogP contribution >= 0.6 is 11.8 Å². The third-order valence-electron chi connectivity index (χ3n) is 7.34. The Morgan fingerprint density at radius 1 is 1.25 bits per heavy atom. The Kier molecular flexibility index (Phi) is 9.29. The van der Waals surface area contributed by atoms with Gasteiger partial charge in [-0.15, -0.1) is 11.8 Å². The number of methoxy groups -OCH3 is 1. The number of pyridine rings is 1. The van der Waals surface area contributed by atoms with Gasteiger partial charge >= 0.3 is 5.97 Å².